The van der Waals surface area contributed by atoms with Gasteiger partial charge in [-0.1, -0.05) is 12.8 Å². The van der Waals surface area contributed by atoms with Gasteiger partial charge in [0.1, 0.15) is 0 Å². The molecule has 2 heteroatoms. The zero-order chi connectivity index (χ0) is 5.11. The summed E-state index contributed by atoms with van der Waals surface area (Å²) in [6, 6.07) is 0. The predicted molar refractivity (Wildman–Crippen MR) is 34.1 cm³/mol. The first-order valence-corrected chi connectivity index (χ1v) is 2.58. The largest absolute Gasteiger partial charge is 0.271 e. The summed E-state index contributed by atoms with van der Waals surface area (Å²) < 4.78 is 0. The molecule has 0 unspecified atom stereocenters. The number of hydrogen-bond acceptors (Lipinski definition) is 1. The average Bonchev–Trinajstić information content (AvgIpc) is 1.69. The fraction of sp³-hybridized carbons (Fsp3) is 0.400. The molecule has 0 aliphatic carbocycles. The summed E-state index contributed by atoms with van der Waals surface area (Å²) >= 11 is 0. The van der Waals surface area contributed by atoms with Crippen molar-refractivity contribution in [3.05, 3.63) is 12.2 Å². The quantitative estimate of drug-likeness (QED) is 0.399. The summed E-state index contributed by atoms with van der Waals surface area (Å²) in [4.78, 5) is 3.92. The molecule has 7 heavy (non-hydrogen) atoms. The second-order valence-electron chi connectivity index (χ2n) is 1.89. The van der Waals surface area contributed by atoms with Gasteiger partial charge in [-0.05, 0) is 12.5 Å². The van der Waals surface area contributed by atoms with Gasteiger partial charge in [0.2, 0.25) is 0 Å². The van der Waals surface area contributed by atoms with Gasteiger partial charge in [0.15, 0.2) is 6.71 Å². The first-order chi connectivity index (χ1) is 3.39. The molecule has 0 N–H and O–H groups in total. The van der Waals surface area contributed by atoms with Crippen LogP contribution in [0.25, 0.3) is 0 Å². The van der Waals surface area contributed by atoms with Crippen LogP contribution < -0.4 is 0 Å². The van der Waals surface area contributed by atoms with Crippen LogP contribution in [-0.2, 0) is 0 Å². The van der Waals surface area contributed by atoms with E-state index in [0.29, 0.717) is 6.71 Å². The Kier molecular flexibility index (Phi) is 1.30. The molecule has 1 heterocycles. The highest BCUT2D eigenvalue weighted by molar-refractivity contribution is 6.65. The zero-order valence-electron chi connectivity index (χ0n) is 4.46. The van der Waals surface area contributed by atoms with E-state index in [2.05, 4.69) is 17.8 Å². The summed E-state index contributed by atoms with van der Waals surface area (Å²) in [6.45, 7) is 2.89. The van der Waals surface area contributed by atoms with Crippen molar-refractivity contribution >= 4 is 12.9 Å². The summed E-state index contributed by atoms with van der Waals surface area (Å²) in [5, 5.41) is 0. The molecule has 0 amide bonds. The normalized spacial score (nSPS) is 18.1. The summed E-state index contributed by atoms with van der Waals surface area (Å²) in [7, 11) is 0. The lowest BCUT2D eigenvalue weighted by Gasteiger charge is -1.97. The van der Waals surface area contributed by atoms with Gasteiger partial charge >= 0.3 is 0 Å². The van der Waals surface area contributed by atoms with E-state index in [-0.39, 0.29) is 0 Å². The van der Waals surface area contributed by atoms with E-state index >= 15 is 0 Å². The Balaban J connectivity index is 2.49. The minimum Gasteiger partial charge on any atom is -0.271 e. The van der Waals surface area contributed by atoms with Gasteiger partial charge in [-0.3, -0.25) is 4.99 Å². The van der Waals surface area contributed by atoms with E-state index < -0.39 is 0 Å². The third-order valence-corrected chi connectivity index (χ3v) is 1.08. The van der Waals surface area contributed by atoms with Crippen LogP contribution in [0.15, 0.2) is 17.2 Å². The fourth-order valence-corrected chi connectivity index (χ4v) is 0.563. The second kappa shape index (κ2) is 1.96. The molecule has 1 nitrogen and oxygen atoms in total. The molecule has 0 saturated carbocycles. The third kappa shape index (κ3) is 1.18. The van der Waals surface area contributed by atoms with Crippen LogP contribution in [0.2, 0.25) is 13.1 Å². The van der Waals surface area contributed by atoms with Crippen LogP contribution >= 0.6 is 0 Å². The minimum atomic E-state index is 0.706. The maximum Gasteiger partial charge on any atom is 0.170 e. The maximum absolute atomic E-state index is 3.92. The van der Waals surface area contributed by atoms with Gasteiger partial charge in [0.05, 0.1) is 0 Å². The molecule has 0 aromatic heterocycles. The molecule has 0 aromatic rings. The van der Waals surface area contributed by atoms with Crippen LogP contribution in [0.4, 0.5) is 0 Å². The van der Waals surface area contributed by atoms with Gasteiger partial charge in [0, 0.05) is 6.20 Å². The Morgan fingerprint density at radius 3 is 2.86 bits per heavy atom. The van der Waals surface area contributed by atoms with E-state index in [0.717, 1.165) is 6.32 Å². The van der Waals surface area contributed by atoms with Gasteiger partial charge in [0.25, 0.3) is 0 Å². The Morgan fingerprint density at radius 1 is 1.71 bits per heavy atom. The summed E-state index contributed by atoms with van der Waals surface area (Å²) in [5.41, 5.74) is 0. The first kappa shape index (κ1) is 4.63. The van der Waals surface area contributed by atoms with E-state index in [1.165, 1.54) is 0 Å². The van der Waals surface area contributed by atoms with Crippen molar-refractivity contribution in [1.82, 2.24) is 0 Å². The van der Waals surface area contributed by atoms with Gasteiger partial charge < -0.3 is 0 Å². The molecule has 0 fully saturated rings. The number of rotatable bonds is 0. The molecule has 1 aliphatic heterocycles. The molecular formula is C5H8BN. The molecule has 0 spiro atoms. The van der Waals surface area contributed by atoms with Crippen LogP contribution in [0.3, 0.4) is 0 Å². The molecule has 0 aromatic carbocycles. The lowest BCUT2D eigenvalue weighted by molar-refractivity contribution is 1.54. The molecular weight excluding hydrogens is 84.9 g/mol. The van der Waals surface area contributed by atoms with Gasteiger partial charge in [-0.25, -0.2) is 0 Å². The standard InChI is InChI=1S/C5H8BN/c1-6-2-4-7-5-3-6/h2,4-5H,3H2,1H3. The zero-order valence-corrected chi connectivity index (χ0v) is 4.46. The molecule has 0 radical (unpaired) electrons. The molecule has 0 atom stereocenters. The van der Waals surface area contributed by atoms with Crippen molar-refractivity contribution in [1.29, 1.82) is 0 Å². The van der Waals surface area contributed by atoms with Crippen molar-refractivity contribution in [3.63, 3.8) is 0 Å². The SMILES string of the molecule is CB1C=CN=CC1. The highest BCUT2D eigenvalue weighted by Gasteiger charge is 1.99. The van der Waals surface area contributed by atoms with E-state index in [9.17, 15) is 0 Å². The maximum atomic E-state index is 3.92. The van der Waals surface area contributed by atoms with Crippen LogP contribution in [0, 0.1) is 0 Å². The van der Waals surface area contributed by atoms with Crippen LogP contribution in [-0.4, -0.2) is 12.9 Å². The van der Waals surface area contributed by atoms with E-state index in [4.69, 9.17) is 0 Å². The molecule has 0 bridgehead atoms. The Labute approximate surface area is 44.2 Å². The highest BCUT2D eigenvalue weighted by atomic mass is 14.7. The monoisotopic (exact) mass is 93.1 g/mol. The van der Waals surface area contributed by atoms with E-state index in [1.54, 1.807) is 0 Å². The third-order valence-electron chi connectivity index (χ3n) is 1.08. The highest BCUT2D eigenvalue weighted by Crippen LogP contribution is 1.95. The molecule has 36 valence electrons. The average molecular weight is 92.9 g/mol. The minimum absolute atomic E-state index is 0.706. The lowest BCUT2D eigenvalue weighted by Crippen LogP contribution is -2.04. The van der Waals surface area contributed by atoms with Crippen LogP contribution in [0.1, 0.15) is 0 Å². The number of hydrogen-bond donors (Lipinski definition) is 0. The Hall–Kier alpha value is -0.525. The fourth-order valence-electron chi connectivity index (χ4n) is 0.563. The first-order valence-electron chi connectivity index (χ1n) is 2.58. The van der Waals surface area contributed by atoms with Crippen molar-refractivity contribution in [2.45, 2.75) is 13.1 Å². The second-order valence-corrected chi connectivity index (χ2v) is 1.89. The Morgan fingerprint density at radius 2 is 2.57 bits per heavy atom. The van der Waals surface area contributed by atoms with Crippen molar-refractivity contribution < 1.29 is 0 Å². The van der Waals surface area contributed by atoms with Crippen molar-refractivity contribution in [3.8, 4) is 0 Å². The van der Waals surface area contributed by atoms with Gasteiger partial charge in [-0.2, -0.15) is 0 Å². The molecule has 1 rings (SSSR count). The smallest absolute Gasteiger partial charge is 0.170 e. The molecule has 0 saturated heterocycles. The number of aliphatic imine (C=N–C) groups is 1. The van der Waals surface area contributed by atoms with Crippen molar-refractivity contribution in [2.75, 3.05) is 0 Å². The Bertz CT molecular complexity index is 107. The van der Waals surface area contributed by atoms with Crippen molar-refractivity contribution in [2.24, 2.45) is 4.99 Å². The summed E-state index contributed by atoms with van der Waals surface area (Å²) in [5.74, 6) is 2.11. The van der Waals surface area contributed by atoms with Gasteiger partial charge in [-0.15, -0.1) is 0 Å². The predicted octanol–water partition coefficient (Wildman–Crippen LogP) is 1.25. The van der Waals surface area contributed by atoms with Crippen LogP contribution in [0.5, 0.6) is 0 Å². The van der Waals surface area contributed by atoms with E-state index in [1.807, 2.05) is 12.4 Å². The summed E-state index contributed by atoms with van der Waals surface area (Å²) in [6.07, 6.45) is 4.91. The number of nitrogens with zero attached hydrogens (tertiary/aromatic N) is 1. The topological polar surface area (TPSA) is 12.4 Å². The lowest BCUT2D eigenvalue weighted by atomic mass is 9.50. The molecule has 1 aliphatic rings.